The first-order valence-corrected chi connectivity index (χ1v) is 7.34. The molecular weight excluding hydrogens is 286 g/mol. The lowest BCUT2D eigenvalue weighted by molar-refractivity contribution is 0.100. The maximum absolute atomic E-state index is 12.0. The Morgan fingerprint density at radius 3 is 1.78 bits per heavy atom. The van der Waals surface area contributed by atoms with Crippen molar-refractivity contribution in [2.45, 2.75) is 0 Å². The average Bonchev–Trinajstić information content (AvgIpc) is 2.61. The summed E-state index contributed by atoms with van der Waals surface area (Å²) in [5.41, 5.74) is 9.67. The van der Waals surface area contributed by atoms with Gasteiger partial charge in [-0.25, -0.2) is 0 Å². The fourth-order valence-electron chi connectivity index (χ4n) is 2.76. The molecule has 23 heavy (non-hydrogen) atoms. The van der Waals surface area contributed by atoms with Gasteiger partial charge in [-0.2, -0.15) is 0 Å². The first-order chi connectivity index (χ1) is 11.2. The molecule has 0 heterocycles. The molecule has 0 aliphatic rings. The Morgan fingerprint density at radius 2 is 1.30 bits per heavy atom. The number of carbonyl (C=O) groups is 1. The van der Waals surface area contributed by atoms with Crippen molar-refractivity contribution in [1.82, 2.24) is 0 Å². The number of hydrogen-bond donors (Lipinski definition) is 1. The second kappa shape index (κ2) is 6.36. The molecule has 3 aromatic rings. The minimum absolute atomic E-state index is 0.455. The van der Waals surface area contributed by atoms with Gasteiger partial charge < -0.3 is 10.5 Å². The molecule has 3 heteroatoms. The van der Waals surface area contributed by atoms with Crippen LogP contribution in [0.1, 0.15) is 10.4 Å². The van der Waals surface area contributed by atoms with Crippen LogP contribution in [0.15, 0.2) is 72.8 Å². The van der Waals surface area contributed by atoms with E-state index < -0.39 is 5.91 Å². The fraction of sp³-hybridized carbons (Fsp3) is 0.0500. The third-order valence-corrected chi connectivity index (χ3v) is 3.78. The van der Waals surface area contributed by atoms with E-state index in [2.05, 4.69) is 0 Å². The van der Waals surface area contributed by atoms with Crippen molar-refractivity contribution >= 4 is 5.91 Å². The predicted octanol–water partition coefficient (Wildman–Crippen LogP) is 4.13. The third kappa shape index (κ3) is 2.81. The van der Waals surface area contributed by atoms with Gasteiger partial charge >= 0.3 is 0 Å². The minimum atomic E-state index is -0.455. The molecule has 0 saturated heterocycles. The summed E-state index contributed by atoms with van der Waals surface area (Å²) in [6.07, 6.45) is 0. The van der Waals surface area contributed by atoms with Gasteiger partial charge in [0, 0.05) is 16.7 Å². The molecule has 0 saturated carbocycles. The number of ether oxygens (including phenoxy) is 1. The van der Waals surface area contributed by atoms with Crippen LogP contribution in [-0.2, 0) is 0 Å². The molecule has 0 aliphatic carbocycles. The van der Waals surface area contributed by atoms with Crippen molar-refractivity contribution in [2.75, 3.05) is 7.11 Å². The molecule has 0 aliphatic heterocycles. The topological polar surface area (TPSA) is 52.3 Å². The Labute approximate surface area is 135 Å². The number of amides is 1. The lowest BCUT2D eigenvalue weighted by Gasteiger charge is -2.17. The average molecular weight is 303 g/mol. The van der Waals surface area contributed by atoms with Crippen LogP contribution in [0.5, 0.6) is 5.75 Å². The zero-order valence-corrected chi connectivity index (χ0v) is 12.8. The van der Waals surface area contributed by atoms with Crippen LogP contribution in [0.25, 0.3) is 22.3 Å². The van der Waals surface area contributed by atoms with Crippen LogP contribution >= 0.6 is 0 Å². The van der Waals surface area contributed by atoms with Crippen molar-refractivity contribution in [1.29, 1.82) is 0 Å². The molecule has 0 bridgehead atoms. The molecule has 114 valence electrons. The van der Waals surface area contributed by atoms with E-state index in [1.165, 1.54) is 0 Å². The molecule has 3 rings (SSSR count). The van der Waals surface area contributed by atoms with E-state index in [1.54, 1.807) is 19.2 Å². The van der Waals surface area contributed by atoms with Crippen molar-refractivity contribution in [3.05, 3.63) is 78.4 Å². The largest absolute Gasteiger partial charge is 0.496 e. The molecule has 3 aromatic carbocycles. The van der Waals surface area contributed by atoms with Gasteiger partial charge in [0.05, 0.1) is 7.11 Å². The second-order valence-electron chi connectivity index (χ2n) is 5.16. The standard InChI is InChI=1S/C20H17NO2/c1-23-17-13-12-16(20(21)22)18(14-8-4-2-5-9-14)19(17)15-10-6-3-7-11-15/h2-13H,1H3,(H2,21,22). The Kier molecular flexibility index (Phi) is 4.11. The van der Waals surface area contributed by atoms with E-state index in [0.29, 0.717) is 11.3 Å². The smallest absolute Gasteiger partial charge is 0.249 e. The molecule has 1 amide bonds. The monoisotopic (exact) mass is 303 g/mol. The van der Waals surface area contributed by atoms with Crippen LogP contribution in [-0.4, -0.2) is 13.0 Å². The van der Waals surface area contributed by atoms with Gasteiger partial charge in [0.2, 0.25) is 5.91 Å². The molecule has 0 aromatic heterocycles. The van der Waals surface area contributed by atoms with E-state index in [-0.39, 0.29) is 0 Å². The quantitative estimate of drug-likeness (QED) is 0.788. The zero-order valence-electron chi connectivity index (χ0n) is 12.8. The highest BCUT2D eigenvalue weighted by Gasteiger charge is 2.19. The summed E-state index contributed by atoms with van der Waals surface area (Å²) in [6.45, 7) is 0. The van der Waals surface area contributed by atoms with Gasteiger partial charge in [-0.15, -0.1) is 0 Å². The van der Waals surface area contributed by atoms with Gasteiger partial charge in [0.25, 0.3) is 0 Å². The minimum Gasteiger partial charge on any atom is -0.496 e. The van der Waals surface area contributed by atoms with Crippen LogP contribution in [0, 0.1) is 0 Å². The van der Waals surface area contributed by atoms with Crippen LogP contribution in [0.2, 0.25) is 0 Å². The van der Waals surface area contributed by atoms with Gasteiger partial charge in [-0.3, -0.25) is 4.79 Å². The van der Waals surface area contributed by atoms with Crippen LogP contribution in [0.3, 0.4) is 0 Å². The highest BCUT2D eigenvalue weighted by molar-refractivity contribution is 6.05. The summed E-state index contributed by atoms with van der Waals surface area (Å²) in [4.78, 5) is 12.0. The van der Waals surface area contributed by atoms with E-state index >= 15 is 0 Å². The maximum Gasteiger partial charge on any atom is 0.249 e. The molecular formula is C20H17NO2. The number of carbonyl (C=O) groups excluding carboxylic acids is 1. The molecule has 3 nitrogen and oxygen atoms in total. The lowest BCUT2D eigenvalue weighted by atomic mass is 9.89. The van der Waals surface area contributed by atoms with Gasteiger partial charge in [-0.1, -0.05) is 60.7 Å². The van der Waals surface area contributed by atoms with Crippen LogP contribution < -0.4 is 10.5 Å². The number of rotatable bonds is 4. The first-order valence-electron chi connectivity index (χ1n) is 7.34. The van der Waals surface area contributed by atoms with E-state index in [9.17, 15) is 4.79 Å². The van der Waals surface area contributed by atoms with Gasteiger partial charge in [-0.05, 0) is 23.3 Å². The second-order valence-corrected chi connectivity index (χ2v) is 5.16. The van der Waals surface area contributed by atoms with Crippen molar-refractivity contribution < 1.29 is 9.53 Å². The molecule has 0 unspecified atom stereocenters. The SMILES string of the molecule is COc1ccc(C(N)=O)c(-c2ccccc2)c1-c1ccccc1. The molecule has 0 fully saturated rings. The summed E-state index contributed by atoms with van der Waals surface area (Å²) >= 11 is 0. The van der Waals surface area contributed by atoms with Gasteiger partial charge in [0.1, 0.15) is 5.75 Å². The molecule has 0 radical (unpaired) electrons. The summed E-state index contributed by atoms with van der Waals surface area (Å²) in [7, 11) is 1.63. The lowest BCUT2D eigenvalue weighted by Crippen LogP contribution is -2.13. The number of benzene rings is 3. The Bertz CT molecular complexity index is 827. The number of nitrogens with two attached hydrogens (primary N) is 1. The highest BCUT2D eigenvalue weighted by atomic mass is 16.5. The number of hydrogen-bond acceptors (Lipinski definition) is 2. The number of methoxy groups -OCH3 is 1. The Balaban J connectivity index is 2.40. The summed E-state index contributed by atoms with van der Waals surface area (Å²) in [6, 6.07) is 23.1. The Morgan fingerprint density at radius 1 is 0.783 bits per heavy atom. The summed E-state index contributed by atoms with van der Waals surface area (Å²) in [5, 5.41) is 0. The summed E-state index contributed by atoms with van der Waals surface area (Å²) in [5.74, 6) is 0.253. The third-order valence-electron chi connectivity index (χ3n) is 3.78. The van der Waals surface area contributed by atoms with E-state index in [1.807, 2.05) is 60.7 Å². The number of primary amides is 1. The van der Waals surface area contributed by atoms with E-state index in [4.69, 9.17) is 10.5 Å². The van der Waals surface area contributed by atoms with Crippen molar-refractivity contribution in [2.24, 2.45) is 5.73 Å². The molecule has 0 atom stereocenters. The normalized spacial score (nSPS) is 10.3. The molecule has 2 N–H and O–H groups in total. The Hall–Kier alpha value is -3.07. The maximum atomic E-state index is 12.0. The zero-order chi connectivity index (χ0) is 16.2. The fourth-order valence-corrected chi connectivity index (χ4v) is 2.76. The first kappa shape index (κ1) is 14.9. The highest BCUT2D eigenvalue weighted by Crippen LogP contribution is 2.41. The van der Waals surface area contributed by atoms with Crippen molar-refractivity contribution in [3.63, 3.8) is 0 Å². The summed E-state index contributed by atoms with van der Waals surface area (Å²) < 4.78 is 5.54. The van der Waals surface area contributed by atoms with Gasteiger partial charge in [0.15, 0.2) is 0 Å². The van der Waals surface area contributed by atoms with Crippen LogP contribution in [0.4, 0.5) is 0 Å². The molecule has 0 spiro atoms. The van der Waals surface area contributed by atoms with Crippen molar-refractivity contribution in [3.8, 4) is 28.0 Å². The predicted molar refractivity (Wildman–Crippen MR) is 92.4 cm³/mol. The van der Waals surface area contributed by atoms with E-state index in [0.717, 1.165) is 22.3 Å².